The molecule has 1 fully saturated rings. The van der Waals surface area contributed by atoms with Gasteiger partial charge in [0.2, 0.25) is 5.91 Å². The lowest BCUT2D eigenvalue weighted by Gasteiger charge is -2.05. The normalized spacial score (nSPS) is 13.9. The van der Waals surface area contributed by atoms with Crippen molar-refractivity contribution in [3.05, 3.63) is 48.3 Å². The van der Waals surface area contributed by atoms with Gasteiger partial charge in [0.1, 0.15) is 0 Å². The Kier molecular flexibility index (Phi) is 5.42. The zero-order valence-electron chi connectivity index (χ0n) is 13.3. The third-order valence-corrected chi connectivity index (χ3v) is 3.86. The van der Waals surface area contributed by atoms with Crippen molar-refractivity contribution in [3.8, 4) is 5.69 Å². The first-order valence-electron chi connectivity index (χ1n) is 8.24. The van der Waals surface area contributed by atoms with E-state index >= 15 is 0 Å². The molecule has 3 rings (SSSR count). The van der Waals surface area contributed by atoms with Gasteiger partial charge in [-0.15, -0.1) is 0 Å². The number of ether oxygens (including phenoxy) is 1. The predicted molar refractivity (Wildman–Crippen MR) is 88.4 cm³/mol. The molecule has 23 heavy (non-hydrogen) atoms. The smallest absolute Gasteiger partial charge is 0.224 e. The van der Waals surface area contributed by atoms with Gasteiger partial charge in [-0.1, -0.05) is 18.2 Å². The topological polar surface area (TPSA) is 56.2 Å². The van der Waals surface area contributed by atoms with E-state index in [9.17, 15) is 4.79 Å². The highest BCUT2D eigenvalue weighted by Crippen LogP contribution is 2.28. The largest absolute Gasteiger partial charge is 0.381 e. The second-order valence-electron chi connectivity index (χ2n) is 6.03. The highest BCUT2D eigenvalue weighted by molar-refractivity contribution is 5.78. The molecule has 1 amide bonds. The molecule has 0 spiro atoms. The van der Waals surface area contributed by atoms with Crippen LogP contribution >= 0.6 is 0 Å². The Labute approximate surface area is 136 Å². The van der Waals surface area contributed by atoms with E-state index in [0.29, 0.717) is 13.0 Å². The van der Waals surface area contributed by atoms with Crippen LogP contribution < -0.4 is 5.32 Å². The molecule has 1 N–H and O–H groups in total. The summed E-state index contributed by atoms with van der Waals surface area (Å²) in [4.78, 5) is 11.9. The summed E-state index contributed by atoms with van der Waals surface area (Å²) in [5.41, 5.74) is 1.91. The molecular weight excluding hydrogens is 290 g/mol. The monoisotopic (exact) mass is 313 g/mol. The molecule has 1 heterocycles. The van der Waals surface area contributed by atoms with Gasteiger partial charge in [0, 0.05) is 26.0 Å². The van der Waals surface area contributed by atoms with Crippen molar-refractivity contribution in [2.24, 2.45) is 5.92 Å². The molecule has 5 nitrogen and oxygen atoms in total. The summed E-state index contributed by atoms with van der Waals surface area (Å²) in [5, 5.41) is 7.23. The van der Waals surface area contributed by atoms with Crippen molar-refractivity contribution in [1.82, 2.24) is 15.1 Å². The van der Waals surface area contributed by atoms with Gasteiger partial charge in [-0.3, -0.25) is 4.79 Å². The SMILES string of the molecule is O=C(Cc1cnn(-c2ccccc2)c1)NCCCOCC1CC1. The summed E-state index contributed by atoms with van der Waals surface area (Å²) >= 11 is 0. The minimum Gasteiger partial charge on any atom is -0.381 e. The van der Waals surface area contributed by atoms with E-state index in [1.54, 1.807) is 10.9 Å². The van der Waals surface area contributed by atoms with Crippen LogP contribution in [0.3, 0.4) is 0 Å². The molecule has 0 atom stereocenters. The van der Waals surface area contributed by atoms with Gasteiger partial charge >= 0.3 is 0 Å². The molecule has 0 radical (unpaired) electrons. The summed E-state index contributed by atoms with van der Waals surface area (Å²) in [6.45, 7) is 2.27. The van der Waals surface area contributed by atoms with E-state index in [-0.39, 0.29) is 5.91 Å². The molecule has 0 saturated heterocycles. The molecule has 122 valence electrons. The number of nitrogens with zero attached hydrogens (tertiary/aromatic N) is 2. The zero-order chi connectivity index (χ0) is 15.9. The maximum atomic E-state index is 11.9. The van der Waals surface area contributed by atoms with Crippen LogP contribution in [0.1, 0.15) is 24.8 Å². The molecule has 1 aromatic carbocycles. The number of carbonyl (C=O) groups is 1. The summed E-state index contributed by atoms with van der Waals surface area (Å²) in [6, 6.07) is 9.87. The van der Waals surface area contributed by atoms with E-state index in [2.05, 4.69) is 10.4 Å². The number of amides is 1. The highest BCUT2D eigenvalue weighted by atomic mass is 16.5. The molecule has 0 aliphatic heterocycles. The van der Waals surface area contributed by atoms with Gasteiger partial charge in [0.15, 0.2) is 0 Å². The number of benzene rings is 1. The van der Waals surface area contributed by atoms with Gasteiger partial charge in [0.25, 0.3) is 0 Å². The van der Waals surface area contributed by atoms with Crippen LogP contribution in [-0.2, 0) is 16.0 Å². The van der Waals surface area contributed by atoms with Crippen molar-refractivity contribution in [3.63, 3.8) is 0 Å². The maximum Gasteiger partial charge on any atom is 0.224 e. The number of hydrogen-bond acceptors (Lipinski definition) is 3. The Morgan fingerprint density at radius 2 is 2.13 bits per heavy atom. The lowest BCUT2D eigenvalue weighted by molar-refractivity contribution is -0.120. The van der Waals surface area contributed by atoms with Crippen molar-refractivity contribution in [2.75, 3.05) is 19.8 Å². The van der Waals surface area contributed by atoms with Crippen LogP contribution in [0.25, 0.3) is 5.69 Å². The van der Waals surface area contributed by atoms with Gasteiger partial charge in [0.05, 0.1) is 18.3 Å². The predicted octanol–water partition coefficient (Wildman–Crippen LogP) is 2.35. The summed E-state index contributed by atoms with van der Waals surface area (Å²) in [7, 11) is 0. The molecule has 0 bridgehead atoms. The number of rotatable bonds is 9. The van der Waals surface area contributed by atoms with Crippen molar-refractivity contribution < 1.29 is 9.53 Å². The Bertz CT molecular complexity index is 620. The first-order chi connectivity index (χ1) is 11.3. The standard InChI is InChI=1S/C18H23N3O2/c22-18(19-9-4-10-23-14-15-7-8-15)11-16-12-20-21(13-16)17-5-2-1-3-6-17/h1-3,5-6,12-13,15H,4,7-11,14H2,(H,19,22). The van der Waals surface area contributed by atoms with Gasteiger partial charge in [-0.05, 0) is 42.9 Å². The van der Waals surface area contributed by atoms with Crippen molar-refractivity contribution in [1.29, 1.82) is 0 Å². The summed E-state index contributed by atoms with van der Waals surface area (Å²) in [5.74, 6) is 0.825. The third kappa shape index (κ3) is 5.21. The number of hydrogen-bond donors (Lipinski definition) is 1. The van der Waals surface area contributed by atoms with Crippen LogP contribution in [0.4, 0.5) is 0 Å². The maximum absolute atomic E-state index is 11.9. The van der Waals surface area contributed by atoms with Gasteiger partial charge < -0.3 is 10.1 Å². The quantitative estimate of drug-likeness (QED) is 0.723. The molecule has 0 unspecified atom stereocenters. The van der Waals surface area contributed by atoms with Crippen LogP contribution in [0.2, 0.25) is 0 Å². The molecule has 5 heteroatoms. The number of nitrogens with one attached hydrogen (secondary N) is 1. The zero-order valence-corrected chi connectivity index (χ0v) is 13.3. The van der Waals surface area contributed by atoms with Gasteiger partial charge in [-0.2, -0.15) is 5.10 Å². The number of para-hydroxylation sites is 1. The Hall–Kier alpha value is -2.14. The van der Waals surface area contributed by atoms with Crippen LogP contribution in [0, 0.1) is 5.92 Å². The number of aromatic nitrogens is 2. The molecule has 1 aromatic heterocycles. The second kappa shape index (κ2) is 7.92. The molecule has 2 aromatic rings. The molecule has 1 saturated carbocycles. The Balaban J connectivity index is 1.35. The summed E-state index contributed by atoms with van der Waals surface area (Å²) < 4.78 is 7.33. The lowest BCUT2D eigenvalue weighted by atomic mass is 10.2. The summed E-state index contributed by atoms with van der Waals surface area (Å²) in [6.07, 6.45) is 7.48. The van der Waals surface area contributed by atoms with E-state index in [4.69, 9.17) is 4.74 Å². The molecule has 1 aliphatic rings. The van der Waals surface area contributed by atoms with Crippen LogP contribution in [0.15, 0.2) is 42.7 Å². The van der Waals surface area contributed by atoms with E-state index in [1.165, 1.54) is 12.8 Å². The second-order valence-corrected chi connectivity index (χ2v) is 6.03. The van der Waals surface area contributed by atoms with Gasteiger partial charge in [-0.25, -0.2) is 4.68 Å². The van der Waals surface area contributed by atoms with E-state index < -0.39 is 0 Å². The number of carbonyl (C=O) groups excluding carboxylic acids is 1. The lowest BCUT2D eigenvalue weighted by Crippen LogP contribution is -2.26. The van der Waals surface area contributed by atoms with E-state index in [0.717, 1.165) is 36.8 Å². The highest BCUT2D eigenvalue weighted by Gasteiger charge is 2.20. The fourth-order valence-corrected chi connectivity index (χ4v) is 2.36. The molecular formula is C18H23N3O2. The average Bonchev–Trinajstić information content (AvgIpc) is 3.29. The average molecular weight is 313 g/mol. The minimum atomic E-state index is 0.0276. The van der Waals surface area contributed by atoms with E-state index in [1.807, 2.05) is 36.5 Å². The Morgan fingerprint density at radius 3 is 2.91 bits per heavy atom. The fraction of sp³-hybridized carbons (Fsp3) is 0.444. The minimum absolute atomic E-state index is 0.0276. The van der Waals surface area contributed by atoms with Crippen LogP contribution in [0.5, 0.6) is 0 Å². The first-order valence-corrected chi connectivity index (χ1v) is 8.24. The molecule has 1 aliphatic carbocycles. The van der Waals surface area contributed by atoms with Crippen molar-refractivity contribution in [2.45, 2.75) is 25.7 Å². The third-order valence-electron chi connectivity index (χ3n) is 3.86. The fourth-order valence-electron chi connectivity index (χ4n) is 2.36. The Morgan fingerprint density at radius 1 is 1.30 bits per heavy atom. The first kappa shape index (κ1) is 15.7. The van der Waals surface area contributed by atoms with Crippen LogP contribution in [-0.4, -0.2) is 35.4 Å². The van der Waals surface area contributed by atoms with Crippen molar-refractivity contribution >= 4 is 5.91 Å².